The number of rotatable bonds is 3. The van der Waals surface area contributed by atoms with Crippen molar-refractivity contribution in [3.8, 4) is 0 Å². The van der Waals surface area contributed by atoms with Crippen LogP contribution in [0.4, 0.5) is 10.5 Å². The van der Waals surface area contributed by atoms with Gasteiger partial charge in [0.25, 0.3) is 0 Å². The van der Waals surface area contributed by atoms with Crippen molar-refractivity contribution >= 4 is 29.2 Å². The molecule has 1 aliphatic rings. The fourth-order valence-corrected chi connectivity index (χ4v) is 2.47. The standard InChI is InChI=1S/C15H20ClN3O2/c1-11(14(20)19-9-3-2-4-10-19)17-15(21)18-13-7-5-12(16)6-8-13/h5-8,11H,2-4,9-10H2,1H3,(H2,17,18,21)/t11-/m0/s1. The molecular formula is C15H20ClN3O2. The van der Waals surface area contributed by atoms with E-state index in [0.717, 1.165) is 25.9 Å². The Hall–Kier alpha value is -1.75. The molecule has 1 heterocycles. The molecule has 1 fully saturated rings. The fourth-order valence-electron chi connectivity index (χ4n) is 2.35. The third-order valence-electron chi connectivity index (χ3n) is 3.49. The Kier molecular flexibility index (Phi) is 5.44. The van der Waals surface area contributed by atoms with Crippen LogP contribution in [0.25, 0.3) is 0 Å². The van der Waals surface area contributed by atoms with Crippen LogP contribution in [0.3, 0.4) is 0 Å². The first-order valence-corrected chi connectivity index (χ1v) is 7.56. The highest BCUT2D eigenvalue weighted by Gasteiger charge is 2.23. The van der Waals surface area contributed by atoms with Gasteiger partial charge in [-0.15, -0.1) is 0 Å². The summed E-state index contributed by atoms with van der Waals surface area (Å²) in [6.45, 7) is 3.27. The summed E-state index contributed by atoms with van der Waals surface area (Å²) in [5.41, 5.74) is 0.634. The molecule has 5 nitrogen and oxygen atoms in total. The molecule has 21 heavy (non-hydrogen) atoms. The second kappa shape index (κ2) is 7.31. The number of carbonyl (C=O) groups is 2. The molecule has 1 aliphatic heterocycles. The smallest absolute Gasteiger partial charge is 0.319 e. The largest absolute Gasteiger partial charge is 0.341 e. The van der Waals surface area contributed by atoms with Crippen molar-refractivity contribution in [3.63, 3.8) is 0 Å². The van der Waals surface area contributed by atoms with Crippen LogP contribution < -0.4 is 10.6 Å². The lowest BCUT2D eigenvalue weighted by Gasteiger charge is -2.29. The number of halogens is 1. The number of amides is 3. The Labute approximate surface area is 129 Å². The second-order valence-corrected chi connectivity index (χ2v) is 5.65. The van der Waals surface area contributed by atoms with Crippen molar-refractivity contribution in [2.75, 3.05) is 18.4 Å². The van der Waals surface area contributed by atoms with Gasteiger partial charge in [0.2, 0.25) is 5.91 Å². The van der Waals surface area contributed by atoms with Gasteiger partial charge in [0, 0.05) is 23.8 Å². The molecule has 3 amide bonds. The number of benzene rings is 1. The number of hydrogen-bond donors (Lipinski definition) is 2. The summed E-state index contributed by atoms with van der Waals surface area (Å²) in [7, 11) is 0. The molecule has 1 atom stereocenters. The number of hydrogen-bond acceptors (Lipinski definition) is 2. The van der Waals surface area contributed by atoms with Crippen LogP contribution in [0, 0.1) is 0 Å². The third-order valence-corrected chi connectivity index (χ3v) is 3.74. The number of likely N-dealkylation sites (tertiary alicyclic amines) is 1. The van der Waals surface area contributed by atoms with E-state index in [1.807, 2.05) is 4.90 Å². The van der Waals surface area contributed by atoms with Crippen molar-refractivity contribution < 1.29 is 9.59 Å². The van der Waals surface area contributed by atoms with Gasteiger partial charge in [-0.05, 0) is 50.5 Å². The first-order valence-electron chi connectivity index (χ1n) is 7.18. The van der Waals surface area contributed by atoms with Crippen molar-refractivity contribution in [3.05, 3.63) is 29.3 Å². The zero-order chi connectivity index (χ0) is 15.2. The minimum atomic E-state index is -0.532. The number of anilines is 1. The van der Waals surface area contributed by atoms with Gasteiger partial charge in [-0.2, -0.15) is 0 Å². The molecule has 0 saturated carbocycles. The molecule has 0 bridgehead atoms. The monoisotopic (exact) mass is 309 g/mol. The van der Waals surface area contributed by atoms with Crippen molar-refractivity contribution in [2.45, 2.75) is 32.2 Å². The molecule has 1 saturated heterocycles. The van der Waals surface area contributed by atoms with E-state index >= 15 is 0 Å². The highest BCUT2D eigenvalue weighted by Crippen LogP contribution is 2.13. The summed E-state index contributed by atoms with van der Waals surface area (Å²) in [6.07, 6.45) is 3.24. The van der Waals surface area contributed by atoms with Crippen LogP contribution in [0.1, 0.15) is 26.2 Å². The highest BCUT2D eigenvalue weighted by molar-refractivity contribution is 6.30. The summed E-state index contributed by atoms with van der Waals surface area (Å²) >= 11 is 5.78. The fraction of sp³-hybridized carbons (Fsp3) is 0.467. The van der Waals surface area contributed by atoms with E-state index in [2.05, 4.69) is 10.6 Å². The average Bonchev–Trinajstić information content (AvgIpc) is 2.49. The summed E-state index contributed by atoms with van der Waals surface area (Å²) in [5.74, 6) is -0.0269. The van der Waals surface area contributed by atoms with Gasteiger partial charge in [-0.1, -0.05) is 11.6 Å². The lowest BCUT2D eigenvalue weighted by molar-refractivity contribution is -0.133. The highest BCUT2D eigenvalue weighted by atomic mass is 35.5. The maximum Gasteiger partial charge on any atom is 0.319 e. The SMILES string of the molecule is C[C@H](NC(=O)Nc1ccc(Cl)cc1)C(=O)N1CCCCC1. The van der Waals surface area contributed by atoms with E-state index in [4.69, 9.17) is 11.6 Å². The Morgan fingerprint density at radius 3 is 2.38 bits per heavy atom. The third kappa shape index (κ3) is 4.63. The molecule has 2 N–H and O–H groups in total. The zero-order valence-electron chi connectivity index (χ0n) is 12.1. The molecule has 1 aromatic carbocycles. The Balaban J connectivity index is 1.83. The van der Waals surface area contributed by atoms with Gasteiger partial charge in [0.05, 0.1) is 0 Å². The van der Waals surface area contributed by atoms with Gasteiger partial charge in [0.15, 0.2) is 0 Å². The molecule has 0 unspecified atom stereocenters. The normalized spacial score (nSPS) is 16.2. The predicted molar refractivity (Wildman–Crippen MR) is 83.5 cm³/mol. The zero-order valence-corrected chi connectivity index (χ0v) is 12.8. The minimum absolute atomic E-state index is 0.0269. The summed E-state index contributed by atoms with van der Waals surface area (Å²) < 4.78 is 0. The molecule has 114 valence electrons. The molecule has 0 radical (unpaired) electrons. The lowest BCUT2D eigenvalue weighted by Crippen LogP contribution is -2.49. The van der Waals surface area contributed by atoms with Crippen LogP contribution in [0.5, 0.6) is 0 Å². The van der Waals surface area contributed by atoms with E-state index in [1.54, 1.807) is 31.2 Å². The van der Waals surface area contributed by atoms with E-state index < -0.39 is 12.1 Å². The lowest BCUT2D eigenvalue weighted by atomic mass is 10.1. The number of piperidine rings is 1. The molecule has 6 heteroatoms. The first-order chi connectivity index (χ1) is 10.1. The van der Waals surface area contributed by atoms with Gasteiger partial charge < -0.3 is 15.5 Å². The van der Waals surface area contributed by atoms with E-state index in [1.165, 1.54) is 6.42 Å². The number of carbonyl (C=O) groups excluding carboxylic acids is 2. The molecule has 1 aromatic rings. The predicted octanol–water partition coefficient (Wildman–Crippen LogP) is 2.86. The van der Waals surface area contributed by atoms with Gasteiger partial charge in [0.1, 0.15) is 6.04 Å². The van der Waals surface area contributed by atoms with Crippen molar-refractivity contribution in [1.82, 2.24) is 10.2 Å². The Morgan fingerprint density at radius 1 is 1.14 bits per heavy atom. The quantitative estimate of drug-likeness (QED) is 0.902. The minimum Gasteiger partial charge on any atom is -0.341 e. The summed E-state index contributed by atoms with van der Waals surface area (Å²) in [5, 5.41) is 5.95. The first kappa shape index (κ1) is 15.6. The summed E-state index contributed by atoms with van der Waals surface area (Å²) in [4.78, 5) is 25.9. The van der Waals surface area contributed by atoms with Crippen LogP contribution >= 0.6 is 11.6 Å². The molecule has 0 spiro atoms. The van der Waals surface area contributed by atoms with Crippen LogP contribution in [0.15, 0.2) is 24.3 Å². The van der Waals surface area contributed by atoms with Crippen LogP contribution in [-0.2, 0) is 4.79 Å². The molecule has 0 aromatic heterocycles. The van der Waals surface area contributed by atoms with Crippen molar-refractivity contribution in [1.29, 1.82) is 0 Å². The number of nitrogens with one attached hydrogen (secondary N) is 2. The van der Waals surface area contributed by atoms with E-state index in [0.29, 0.717) is 10.7 Å². The number of urea groups is 1. The van der Waals surface area contributed by atoms with E-state index in [-0.39, 0.29) is 5.91 Å². The second-order valence-electron chi connectivity index (χ2n) is 5.21. The van der Waals surface area contributed by atoms with Crippen LogP contribution in [-0.4, -0.2) is 36.0 Å². The maximum atomic E-state index is 12.2. The Bertz CT molecular complexity index is 498. The molecular weight excluding hydrogens is 290 g/mol. The van der Waals surface area contributed by atoms with Gasteiger partial charge in [-0.3, -0.25) is 4.79 Å². The molecule has 0 aliphatic carbocycles. The topological polar surface area (TPSA) is 61.4 Å². The maximum absolute atomic E-state index is 12.2. The van der Waals surface area contributed by atoms with Crippen LogP contribution in [0.2, 0.25) is 5.02 Å². The van der Waals surface area contributed by atoms with Gasteiger partial charge in [-0.25, -0.2) is 4.79 Å². The summed E-state index contributed by atoms with van der Waals surface area (Å²) in [6, 6.07) is 5.88. The Morgan fingerprint density at radius 2 is 1.76 bits per heavy atom. The number of nitrogens with zero attached hydrogens (tertiary/aromatic N) is 1. The molecule has 2 rings (SSSR count). The van der Waals surface area contributed by atoms with E-state index in [9.17, 15) is 9.59 Å². The average molecular weight is 310 g/mol. The van der Waals surface area contributed by atoms with Gasteiger partial charge >= 0.3 is 6.03 Å². The van der Waals surface area contributed by atoms with Crippen molar-refractivity contribution in [2.24, 2.45) is 0 Å².